The molecule has 2 aliphatic heterocycles. The third-order valence-corrected chi connectivity index (χ3v) is 5.15. The van der Waals surface area contributed by atoms with Crippen molar-refractivity contribution < 1.29 is 14.7 Å². The minimum absolute atomic E-state index is 0.0499. The van der Waals surface area contributed by atoms with E-state index < -0.39 is 17.0 Å². The maximum absolute atomic E-state index is 13.0. The number of hydrogen-bond donors (Lipinski definition) is 2. The second kappa shape index (κ2) is 5.93. The molecule has 2 rings (SSSR count). The average Bonchev–Trinajstić information content (AvgIpc) is 2.92. The van der Waals surface area contributed by atoms with Crippen molar-refractivity contribution in [2.24, 2.45) is 0 Å². The number of carbonyl (C=O) groups is 2. The second-order valence-electron chi connectivity index (χ2n) is 6.55. The third kappa shape index (κ3) is 2.66. The van der Waals surface area contributed by atoms with Crippen LogP contribution in [0.1, 0.15) is 40.0 Å². The van der Waals surface area contributed by atoms with Crippen molar-refractivity contribution in [2.45, 2.75) is 51.1 Å². The Balaban J connectivity index is 2.23. The molecular weight excluding hydrogens is 270 g/mol. The Hall–Kier alpha value is -1.14. The minimum Gasteiger partial charge on any atom is -0.479 e. The van der Waals surface area contributed by atoms with Gasteiger partial charge in [0, 0.05) is 32.7 Å². The van der Waals surface area contributed by atoms with E-state index in [0.717, 1.165) is 32.6 Å². The van der Waals surface area contributed by atoms with E-state index in [1.54, 1.807) is 4.90 Å². The maximum atomic E-state index is 13.0. The van der Waals surface area contributed by atoms with Crippen molar-refractivity contribution in [3.8, 4) is 0 Å². The van der Waals surface area contributed by atoms with Gasteiger partial charge in [-0.05, 0) is 33.1 Å². The molecule has 0 aromatic heterocycles. The van der Waals surface area contributed by atoms with E-state index in [4.69, 9.17) is 0 Å². The first kappa shape index (κ1) is 16.2. The zero-order valence-corrected chi connectivity index (χ0v) is 13.3. The van der Waals surface area contributed by atoms with Gasteiger partial charge in [0.2, 0.25) is 5.91 Å². The summed E-state index contributed by atoms with van der Waals surface area (Å²) in [5, 5.41) is 12.9. The van der Waals surface area contributed by atoms with Crippen LogP contribution in [0.15, 0.2) is 0 Å². The number of nitrogens with zero attached hydrogens (tertiary/aromatic N) is 2. The molecule has 2 heterocycles. The van der Waals surface area contributed by atoms with Gasteiger partial charge in [-0.1, -0.05) is 6.92 Å². The van der Waals surface area contributed by atoms with E-state index in [2.05, 4.69) is 10.2 Å². The van der Waals surface area contributed by atoms with Crippen LogP contribution in [0, 0.1) is 0 Å². The molecule has 21 heavy (non-hydrogen) atoms. The summed E-state index contributed by atoms with van der Waals surface area (Å²) in [4.78, 5) is 28.6. The summed E-state index contributed by atoms with van der Waals surface area (Å²) < 4.78 is 0. The second-order valence-corrected chi connectivity index (χ2v) is 6.55. The molecule has 1 atom stereocenters. The fourth-order valence-corrected chi connectivity index (χ4v) is 3.61. The van der Waals surface area contributed by atoms with Crippen LogP contribution in [0.4, 0.5) is 0 Å². The summed E-state index contributed by atoms with van der Waals surface area (Å²) in [6, 6.07) is 0. The molecular formula is C15H27N3O3. The zero-order valence-electron chi connectivity index (χ0n) is 13.3. The van der Waals surface area contributed by atoms with Gasteiger partial charge in [-0.3, -0.25) is 9.69 Å². The van der Waals surface area contributed by atoms with Gasteiger partial charge in [-0.15, -0.1) is 0 Å². The van der Waals surface area contributed by atoms with Crippen molar-refractivity contribution in [3.63, 3.8) is 0 Å². The number of carboxylic acids is 1. The van der Waals surface area contributed by atoms with Gasteiger partial charge < -0.3 is 15.3 Å². The molecule has 0 radical (unpaired) electrons. The van der Waals surface area contributed by atoms with Gasteiger partial charge in [0.25, 0.3) is 0 Å². The molecule has 1 amide bonds. The third-order valence-electron chi connectivity index (χ3n) is 5.15. The summed E-state index contributed by atoms with van der Waals surface area (Å²) in [7, 11) is 0. The Kier molecular flexibility index (Phi) is 4.58. The van der Waals surface area contributed by atoms with Crippen LogP contribution in [0.5, 0.6) is 0 Å². The zero-order chi connectivity index (χ0) is 15.7. The molecule has 0 spiro atoms. The average molecular weight is 297 g/mol. The van der Waals surface area contributed by atoms with E-state index >= 15 is 0 Å². The first-order valence-corrected chi connectivity index (χ1v) is 7.87. The van der Waals surface area contributed by atoms with Crippen molar-refractivity contribution >= 4 is 11.9 Å². The van der Waals surface area contributed by atoms with Crippen LogP contribution < -0.4 is 5.32 Å². The van der Waals surface area contributed by atoms with Crippen molar-refractivity contribution in [3.05, 3.63) is 0 Å². The molecule has 1 unspecified atom stereocenters. The van der Waals surface area contributed by atoms with Crippen molar-refractivity contribution in [1.82, 2.24) is 15.1 Å². The number of carbonyl (C=O) groups excluding carboxylic acids is 1. The van der Waals surface area contributed by atoms with Crippen molar-refractivity contribution in [2.75, 3.05) is 32.7 Å². The lowest BCUT2D eigenvalue weighted by Crippen LogP contribution is -2.64. The first-order valence-electron chi connectivity index (χ1n) is 7.87. The Bertz CT molecular complexity index is 418. The van der Waals surface area contributed by atoms with E-state index in [1.807, 2.05) is 20.8 Å². The van der Waals surface area contributed by atoms with Gasteiger partial charge in [-0.25, -0.2) is 4.79 Å². The highest BCUT2D eigenvalue weighted by molar-refractivity contribution is 5.92. The first-order chi connectivity index (χ1) is 9.86. The molecule has 120 valence electrons. The van der Waals surface area contributed by atoms with Crippen LogP contribution >= 0.6 is 0 Å². The van der Waals surface area contributed by atoms with Crippen LogP contribution in [0.2, 0.25) is 0 Å². The van der Waals surface area contributed by atoms with Crippen molar-refractivity contribution in [1.29, 1.82) is 0 Å². The van der Waals surface area contributed by atoms with Gasteiger partial charge in [0.1, 0.15) is 5.54 Å². The topological polar surface area (TPSA) is 72.9 Å². The predicted octanol–water partition coefficient (Wildman–Crippen LogP) is 0.526. The smallest absolute Gasteiger partial charge is 0.329 e. The molecule has 0 aromatic carbocycles. The van der Waals surface area contributed by atoms with Gasteiger partial charge in [0.15, 0.2) is 0 Å². The van der Waals surface area contributed by atoms with E-state index in [-0.39, 0.29) is 5.91 Å². The highest BCUT2D eigenvalue weighted by atomic mass is 16.4. The molecule has 2 saturated heterocycles. The molecule has 2 fully saturated rings. The Morgan fingerprint density at radius 2 is 1.86 bits per heavy atom. The summed E-state index contributed by atoms with van der Waals surface area (Å²) >= 11 is 0. The quantitative estimate of drug-likeness (QED) is 0.792. The Labute approximate surface area is 126 Å². The number of amides is 1. The van der Waals surface area contributed by atoms with E-state index in [1.165, 1.54) is 0 Å². The number of carboxylic acid groups (broad SMARTS) is 1. The normalized spacial score (nSPS) is 27.9. The monoisotopic (exact) mass is 297 g/mol. The SMILES string of the molecule is CCC1(C(=O)O)CCCN1C(=O)C(C)(C)N1CCNCC1. The minimum atomic E-state index is -1.01. The molecule has 2 aliphatic rings. The fourth-order valence-electron chi connectivity index (χ4n) is 3.61. The van der Waals surface area contributed by atoms with E-state index in [0.29, 0.717) is 19.4 Å². The standard InChI is InChI=1S/C15H27N3O3/c1-4-15(13(20)21)6-5-9-18(15)12(19)14(2,3)17-10-7-16-8-11-17/h16H,4-11H2,1-3H3,(H,20,21). The van der Waals surface area contributed by atoms with Gasteiger partial charge in [0.05, 0.1) is 5.54 Å². The molecule has 0 bridgehead atoms. The lowest BCUT2D eigenvalue weighted by atomic mass is 9.90. The van der Waals surface area contributed by atoms with Gasteiger partial charge in [-0.2, -0.15) is 0 Å². The molecule has 6 nitrogen and oxygen atoms in total. The summed E-state index contributed by atoms with van der Waals surface area (Å²) in [6.45, 7) is 9.62. The maximum Gasteiger partial charge on any atom is 0.329 e. The summed E-state index contributed by atoms with van der Waals surface area (Å²) in [6.07, 6.45) is 1.79. The van der Waals surface area contributed by atoms with E-state index in [9.17, 15) is 14.7 Å². The number of nitrogens with one attached hydrogen (secondary N) is 1. The molecule has 2 N–H and O–H groups in total. The fraction of sp³-hybridized carbons (Fsp3) is 0.867. The molecule has 6 heteroatoms. The molecule has 0 aliphatic carbocycles. The predicted molar refractivity (Wildman–Crippen MR) is 80.1 cm³/mol. The number of piperazine rings is 1. The van der Waals surface area contributed by atoms with Crippen LogP contribution in [0.3, 0.4) is 0 Å². The Morgan fingerprint density at radius 3 is 2.38 bits per heavy atom. The number of rotatable bonds is 4. The van der Waals surface area contributed by atoms with Gasteiger partial charge >= 0.3 is 5.97 Å². The number of likely N-dealkylation sites (tertiary alicyclic amines) is 1. The highest BCUT2D eigenvalue weighted by Gasteiger charge is 2.52. The van der Waals surface area contributed by atoms with Crippen LogP contribution in [-0.2, 0) is 9.59 Å². The van der Waals surface area contributed by atoms with Crippen LogP contribution in [-0.4, -0.2) is 70.6 Å². The molecule has 0 saturated carbocycles. The van der Waals surface area contributed by atoms with Crippen LogP contribution in [0.25, 0.3) is 0 Å². The lowest BCUT2D eigenvalue weighted by Gasteiger charge is -2.45. The summed E-state index contributed by atoms with van der Waals surface area (Å²) in [5.74, 6) is -0.918. The largest absolute Gasteiger partial charge is 0.479 e. The number of aliphatic carboxylic acids is 1. The Morgan fingerprint density at radius 1 is 1.24 bits per heavy atom. The molecule has 0 aromatic rings. The lowest BCUT2D eigenvalue weighted by molar-refractivity contribution is -0.162. The highest BCUT2D eigenvalue weighted by Crippen LogP contribution is 2.35. The number of hydrogen-bond acceptors (Lipinski definition) is 4. The summed E-state index contributed by atoms with van der Waals surface area (Å²) in [5.41, 5.74) is -1.66.